The zero-order chi connectivity index (χ0) is 25.4. The number of furan rings is 1. The van der Waals surface area contributed by atoms with Crippen molar-refractivity contribution in [1.29, 1.82) is 5.26 Å². The van der Waals surface area contributed by atoms with Gasteiger partial charge in [0.25, 0.3) is 5.91 Å². The van der Waals surface area contributed by atoms with Crippen LogP contribution in [-0.4, -0.2) is 17.7 Å². The van der Waals surface area contributed by atoms with Crippen molar-refractivity contribution in [3.05, 3.63) is 94.4 Å². The Bertz CT molecular complexity index is 1300. The van der Waals surface area contributed by atoms with Crippen LogP contribution in [0.1, 0.15) is 41.2 Å². The van der Waals surface area contributed by atoms with E-state index in [9.17, 15) is 19.6 Å². The average Bonchev–Trinajstić information content (AvgIpc) is 3.31. The van der Waals surface area contributed by atoms with Crippen molar-refractivity contribution in [3.8, 4) is 6.07 Å². The lowest BCUT2D eigenvalue weighted by atomic mass is 10.1. The molecule has 0 aliphatic heterocycles. The summed E-state index contributed by atoms with van der Waals surface area (Å²) in [5.41, 5.74) is 3.40. The Balaban J connectivity index is 1.56. The van der Waals surface area contributed by atoms with Gasteiger partial charge in [0.2, 0.25) is 0 Å². The highest BCUT2D eigenvalue weighted by molar-refractivity contribution is 6.39. The SMILES string of the molecule is Cc1ccc(NC(=O)C(=O)NCc2ccc(/C=C(/C#N)C(=O)N[C@@H](C)c3ccccc3)o2)cc1C. The molecule has 0 spiro atoms. The molecule has 0 aliphatic rings. The number of hydrogen-bond donors (Lipinski definition) is 3. The van der Waals surface area contributed by atoms with Gasteiger partial charge in [-0.2, -0.15) is 5.26 Å². The van der Waals surface area contributed by atoms with Gasteiger partial charge < -0.3 is 20.4 Å². The molecule has 0 fully saturated rings. The second-order valence-corrected chi connectivity index (χ2v) is 8.02. The molecule has 178 valence electrons. The predicted octanol–water partition coefficient (Wildman–Crippen LogP) is 3.94. The van der Waals surface area contributed by atoms with Gasteiger partial charge in [-0.1, -0.05) is 36.4 Å². The number of hydrogen-bond acceptors (Lipinski definition) is 5. The number of amides is 3. The molecule has 3 amide bonds. The molecule has 3 aromatic rings. The maximum absolute atomic E-state index is 12.5. The first-order valence-electron chi connectivity index (χ1n) is 11.0. The molecular weight excluding hydrogens is 444 g/mol. The lowest BCUT2D eigenvalue weighted by Gasteiger charge is -2.13. The van der Waals surface area contributed by atoms with Crippen molar-refractivity contribution >= 4 is 29.5 Å². The Morgan fingerprint density at radius 2 is 1.71 bits per heavy atom. The summed E-state index contributed by atoms with van der Waals surface area (Å²) < 4.78 is 5.58. The summed E-state index contributed by atoms with van der Waals surface area (Å²) in [4.78, 5) is 36.8. The zero-order valence-electron chi connectivity index (χ0n) is 19.7. The van der Waals surface area contributed by atoms with E-state index in [2.05, 4.69) is 16.0 Å². The molecule has 1 heterocycles. The third-order valence-electron chi connectivity index (χ3n) is 5.38. The number of benzene rings is 2. The van der Waals surface area contributed by atoms with Gasteiger partial charge in [0, 0.05) is 11.8 Å². The Hall–Kier alpha value is -4.64. The highest BCUT2D eigenvalue weighted by Crippen LogP contribution is 2.16. The van der Waals surface area contributed by atoms with Gasteiger partial charge >= 0.3 is 11.8 Å². The minimum Gasteiger partial charge on any atom is -0.460 e. The van der Waals surface area contributed by atoms with Crippen molar-refractivity contribution in [2.75, 3.05) is 5.32 Å². The summed E-state index contributed by atoms with van der Waals surface area (Å²) in [6.45, 7) is 5.66. The number of nitrogens with one attached hydrogen (secondary N) is 3. The zero-order valence-corrected chi connectivity index (χ0v) is 19.7. The molecule has 8 heteroatoms. The standard InChI is InChI=1S/C27H26N4O4/c1-17-9-10-22(13-18(17)2)31-27(34)26(33)29-16-24-12-11-23(35-24)14-21(15-28)25(32)30-19(3)20-7-5-4-6-8-20/h4-14,19H,16H2,1-3H3,(H,29,33)(H,30,32)(H,31,34)/b21-14-/t19-/m0/s1. The molecular formula is C27H26N4O4. The van der Waals surface area contributed by atoms with Crippen LogP contribution in [0.3, 0.4) is 0 Å². The van der Waals surface area contributed by atoms with Gasteiger partial charge in [-0.25, -0.2) is 0 Å². The monoisotopic (exact) mass is 470 g/mol. The molecule has 0 unspecified atom stereocenters. The van der Waals surface area contributed by atoms with Crippen LogP contribution in [0.4, 0.5) is 5.69 Å². The molecule has 0 radical (unpaired) electrons. The fourth-order valence-corrected chi connectivity index (χ4v) is 3.21. The first-order valence-corrected chi connectivity index (χ1v) is 11.0. The largest absolute Gasteiger partial charge is 0.460 e. The van der Waals surface area contributed by atoms with Crippen molar-refractivity contribution in [1.82, 2.24) is 10.6 Å². The smallest absolute Gasteiger partial charge is 0.313 e. The second kappa shape index (κ2) is 11.5. The number of rotatable bonds is 7. The molecule has 1 aromatic heterocycles. The van der Waals surface area contributed by atoms with Gasteiger partial charge in [-0.05, 0) is 61.7 Å². The fourth-order valence-electron chi connectivity index (χ4n) is 3.21. The van der Waals surface area contributed by atoms with E-state index in [1.807, 2.05) is 63.2 Å². The third-order valence-corrected chi connectivity index (χ3v) is 5.38. The first kappa shape index (κ1) is 25.0. The van der Waals surface area contributed by atoms with E-state index in [4.69, 9.17) is 4.42 Å². The molecule has 3 N–H and O–H groups in total. The summed E-state index contributed by atoms with van der Waals surface area (Å²) in [6.07, 6.45) is 1.32. The van der Waals surface area contributed by atoms with E-state index in [0.29, 0.717) is 11.4 Å². The van der Waals surface area contributed by atoms with Crippen LogP contribution in [0, 0.1) is 25.2 Å². The van der Waals surface area contributed by atoms with Crippen LogP contribution in [0.5, 0.6) is 0 Å². The van der Waals surface area contributed by atoms with E-state index < -0.39 is 17.7 Å². The van der Waals surface area contributed by atoms with Crippen molar-refractivity contribution in [3.63, 3.8) is 0 Å². The van der Waals surface area contributed by atoms with Gasteiger partial charge in [-0.15, -0.1) is 0 Å². The van der Waals surface area contributed by atoms with Crippen molar-refractivity contribution in [2.45, 2.75) is 33.4 Å². The lowest BCUT2D eigenvalue weighted by molar-refractivity contribution is -0.136. The quantitative estimate of drug-likeness (QED) is 0.274. The summed E-state index contributed by atoms with van der Waals surface area (Å²) in [5.74, 6) is -1.51. The molecule has 0 aliphatic carbocycles. The van der Waals surface area contributed by atoms with Crippen LogP contribution >= 0.6 is 0 Å². The van der Waals surface area contributed by atoms with Gasteiger partial charge in [0.05, 0.1) is 12.6 Å². The number of nitriles is 1. The van der Waals surface area contributed by atoms with Crippen LogP contribution in [0.2, 0.25) is 0 Å². The second-order valence-electron chi connectivity index (χ2n) is 8.02. The summed E-state index contributed by atoms with van der Waals surface area (Å²) in [7, 11) is 0. The Kier molecular flexibility index (Phi) is 8.20. The number of nitrogens with zero attached hydrogens (tertiary/aromatic N) is 1. The van der Waals surface area contributed by atoms with Gasteiger partial charge in [0.15, 0.2) is 0 Å². The molecule has 2 aromatic carbocycles. The van der Waals surface area contributed by atoms with Crippen molar-refractivity contribution in [2.24, 2.45) is 0 Å². The molecule has 0 bridgehead atoms. The first-order chi connectivity index (χ1) is 16.8. The molecule has 1 atom stereocenters. The summed E-state index contributed by atoms with van der Waals surface area (Å²) in [6, 6.07) is 19.5. The maximum Gasteiger partial charge on any atom is 0.313 e. The van der Waals surface area contributed by atoms with E-state index >= 15 is 0 Å². The van der Waals surface area contributed by atoms with Crippen LogP contribution in [0.25, 0.3) is 6.08 Å². The van der Waals surface area contributed by atoms with E-state index in [-0.39, 0.29) is 23.9 Å². The molecule has 8 nitrogen and oxygen atoms in total. The van der Waals surface area contributed by atoms with Gasteiger partial charge in [-0.3, -0.25) is 14.4 Å². The van der Waals surface area contributed by atoms with Crippen LogP contribution in [-0.2, 0) is 20.9 Å². The molecule has 0 saturated carbocycles. The molecule has 3 rings (SSSR count). The molecule has 0 saturated heterocycles. The number of carbonyl (C=O) groups excluding carboxylic acids is 3. The maximum atomic E-state index is 12.5. The van der Waals surface area contributed by atoms with Crippen LogP contribution in [0.15, 0.2) is 70.7 Å². The van der Waals surface area contributed by atoms with E-state index in [1.165, 1.54) is 6.08 Å². The van der Waals surface area contributed by atoms with E-state index in [1.54, 1.807) is 24.3 Å². The van der Waals surface area contributed by atoms with E-state index in [0.717, 1.165) is 16.7 Å². The predicted molar refractivity (Wildman–Crippen MR) is 132 cm³/mol. The Morgan fingerprint density at radius 3 is 2.40 bits per heavy atom. The minimum absolute atomic E-state index is 0.0356. The highest BCUT2D eigenvalue weighted by atomic mass is 16.3. The number of carbonyl (C=O) groups is 3. The van der Waals surface area contributed by atoms with Crippen molar-refractivity contribution < 1.29 is 18.8 Å². The van der Waals surface area contributed by atoms with Gasteiger partial charge in [0.1, 0.15) is 23.2 Å². The normalized spacial score (nSPS) is 11.8. The fraction of sp³-hybridized carbons (Fsp3) is 0.185. The Labute approximate surface area is 203 Å². The Morgan fingerprint density at radius 1 is 0.971 bits per heavy atom. The number of aryl methyl sites for hydroxylation is 2. The number of anilines is 1. The highest BCUT2D eigenvalue weighted by Gasteiger charge is 2.16. The van der Waals surface area contributed by atoms with Crippen LogP contribution < -0.4 is 16.0 Å². The third kappa shape index (κ3) is 6.92. The lowest BCUT2D eigenvalue weighted by Crippen LogP contribution is -2.34. The summed E-state index contributed by atoms with van der Waals surface area (Å²) >= 11 is 0. The molecule has 35 heavy (non-hydrogen) atoms. The topological polar surface area (TPSA) is 124 Å². The average molecular weight is 471 g/mol. The minimum atomic E-state index is -0.816. The summed E-state index contributed by atoms with van der Waals surface area (Å²) in [5, 5.41) is 17.2.